The van der Waals surface area contributed by atoms with Gasteiger partial charge in [-0.25, -0.2) is 0 Å². The van der Waals surface area contributed by atoms with E-state index in [1.165, 1.54) is 44.9 Å². The van der Waals surface area contributed by atoms with E-state index >= 15 is 0 Å². The van der Waals surface area contributed by atoms with Crippen molar-refractivity contribution >= 4 is 0 Å². The highest BCUT2D eigenvalue weighted by Gasteiger charge is 2.48. The van der Waals surface area contributed by atoms with Gasteiger partial charge in [0.2, 0.25) is 0 Å². The summed E-state index contributed by atoms with van der Waals surface area (Å²) in [5.74, 6) is 0. The topological polar surface area (TPSA) is 21.3 Å². The molecule has 0 aromatic carbocycles. The summed E-state index contributed by atoms with van der Waals surface area (Å²) < 4.78 is 6.04. The summed E-state index contributed by atoms with van der Waals surface area (Å²) >= 11 is 0. The van der Waals surface area contributed by atoms with E-state index in [1.54, 1.807) is 0 Å². The maximum atomic E-state index is 6.04. The van der Waals surface area contributed by atoms with E-state index in [0.29, 0.717) is 17.6 Å². The monoisotopic (exact) mass is 255 g/mol. The molecule has 2 unspecified atom stereocenters. The average molecular weight is 255 g/mol. The zero-order valence-corrected chi connectivity index (χ0v) is 12.9. The van der Waals surface area contributed by atoms with Gasteiger partial charge in [-0.3, -0.25) is 0 Å². The minimum Gasteiger partial charge on any atom is -0.378 e. The van der Waals surface area contributed by atoms with E-state index in [0.717, 1.165) is 13.2 Å². The van der Waals surface area contributed by atoms with E-state index in [1.807, 2.05) is 0 Å². The van der Waals surface area contributed by atoms with E-state index in [-0.39, 0.29) is 0 Å². The maximum Gasteiger partial charge on any atom is 0.0655 e. The Hall–Kier alpha value is -0.0800. The second kappa shape index (κ2) is 8.16. The number of nitrogens with one attached hydrogen (secondary N) is 1. The molecule has 0 radical (unpaired) electrons. The summed E-state index contributed by atoms with van der Waals surface area (Å²) in [6.45, 7) is 11.1. The van der Waals surface area contributed by atoms with Crippen molar-refractivity contribution < 1.29 is 4.74 Å². The van der Waals surface area contributed by atoms with Crippen molar-refractivity contribution in [1.29, 1.82) is 0 Å². The van der Waals surface area contributed by atoms with Gasteiger partial charge in [0.05, 0.1) is 6.10 Å². The second-order valence-electron chi connectivity index (χ2n) is 6.29. The summed E-state index contributed by atoms with van der Waals surface area (Å²) in [4.78, 5) is 0. The van der Waals surface area contributed by atoms with Crippen molar-refractivity contribution in [2.75, 3.05) is 13.2 Å². The molecule has 0 heterocycles. The first-order chi connectivity index (χ1) is 8.62. The number of ether oxygens (including phenoxy) is 1. The van der Waals surface area contributed by atoms with E-state index in [4.69, 9.17) is 4.74 Å². The van der Waals surface area contributed by atoms with Crippen molar-refractivity contribution in [3.05, 3.63) is 0 Å². The van der Waals surface area contributed by atoms with E-state index in [2.05, 4.69) is 33.0 Å². The lowest BCUT2D eigenvalue weighted by Gasteiger charge is -2.52. The summed E-state index contributed by atoms with van der Waals surface area (Å²) in [5.41, 5.74) is 0.318. The first-order valence-corrected chi connectivity index (χ1v) is 7.97. The SMILES string of the molecule is CCCCCCCCOC1CC(NCC)C1(C)C. The Labute approximate surface area is 114 Å². The molecule has 1 rings (SSSR count). The van der Waals surface area contributed by atoms with Crippen molar-refractivity contribution in [3.63, 3.8) is 0 Å². The van der Waals surface area contributed by atoms with E-state index < -0.39 is 0 Å². The molecule has 1 saturated carbocycles. The lowest BCUT2D eigenvalue weighted by Crippen LogP contribution is -2.60. The van der Waals surface area contributed by atoms with Crippen molar-refractivity contribution in [1.82, 2.24) is 5.32 Å². The number of hydrogen-bond acceptors (Lipinski definition) is 2. The molecule has 1 N–H and O–H groups in total. The Morgan fingerprint density at radius 3 is 2.33 bits per heavy atom. The fourth-order valence-corrected chi connectivity index (χ4v) is 2.87. The molecule has 2 nitrogen and oxygen atoms in total. The van der Waals surface area contributed by atoms with Crippen LogP contribution in [0.15, 0.2) is 0 Å². The smallest absolute Gasteiger partial charge is 0.0655 e. The van der Waals surface area contributed by atoms with Crippen LogP contribution < -0.4 is 5.32 Å². The predicted molar refractivity (Wildman–Crippen MR) is 79.0 cm³/mol. The zero-order chi connectivity index (χ0) is 13.4. The van der Waals surface area contributed by atoms with Crippen molar-refractivity contribution in [3.8, 4) is 0 Å². The summed E-state index contributed by atoms with van der Waals surface area (Å²) in [6, 6.07) is 0.650. The maximum absolute atomic E-state index is 6.04. The third kappa shape index (κ3) is 4.55. The summed E-state index contributed by atoms with van der Waals surface area (Å²) in [6.07, 6.45) is 9.73. The largest absolute Gasteiger partial charge is 0.378 e. The summed E-state index contributed by atoms with van der Waals surface area (Å²) in [7, 11) is 0. The van der Waals surface area contributed by atoms with Crippen LogP contribution in [-0.4, -0.2) is 25.3 Å². The van der Waals surface area contributed by atoms with Crippen LogP contribution in [0, 0.1) is 5.41 Å². The van der Waals surface area contributed by atoms with Gasteiger partial charge < -0.3 is 10.1 Å². The van der Waals surface area contributed by atoms with Crippen LogP contribution in [0.2, 0.25) is 0 Å². The molecule has 18 heavy (non-hydrogen) atoms. The fraction of sp³-hybridized carbons (Fsp3) is 1.00. The molecule has 1 fully saturated rings. The van der Waals surface area contributed by atoms with Crippen LogP contribution in [0.1, 0.15) is 72.6 Å². The third-order valence-electron chi connectivity index (χ3n) is 4.45. The first kappa shape index (κ1) is 16.0. The van der Waals surface area contributed by atoms with Gasteiger partial charge in [-0.2, -0.15) is 0 Å². The lowest BCUT2D eigenvalue weighted by molar-refractivity contribution is -0.117. The standard InChI is InChI=1S/C16H33NO/c1-5-7-8-9-10-11-12-18-15-13-14(17-6-2)16(15,3)4/h14-15,17H,5-13H2,1-4H3. The number of unbranched alkanes of at least 4 members (excludes halogenated alkanes) is 5. The second-order valence-corrected chi connectivity index (χ2v) is 6.29. The molecule has 0 bridgehead atoms. The molecule has 2 heteroatoms. The van der Waals surface area contributed by atoms with Crippen molar-refractivity contribution in [2.45, 2.75) is 84.8 Å². The van der Waals surface area contributed by atoms with Crippen LogP contribution in [0.5, 0.6) is 0 Å². The fourth-order valence-electron chi connectivity index (χ4n) is 2.87. The molecule has 1 aliphatic rings. The molecular weight excluding hydrogens is 222 g/mol. The lowest BCUT2D eigenvalue weighted by atomic mass is 9.64. The molecule has 108 valence electrons. The average Bonchev–Trinajstić information content (AvgIpc) is 2.35. The van der Waals surface area contributed by atoms with Crippen LogP contribution in [0.3, 0.4) is 0 Å². The van der Waals surface area contributed by atoms with Crippen molar-refractivity contribution in [2.24, 2.45) is 5.41 Å². The molecule has 0 aromatic heterocycles. The van der Waals surface area contributed by atoms with Gasteiger partial charge in [-0.15, -0.1) is 0 Å². The van der Waals surface area contributed by atoms with Gasteiger partial charge in [0.1, 0.15) is 0 Å². The zero-order valence-electron chi connectivity index (χ0n) is 12.9. The molecule has 0 spiro atoms. The molecule has 0 aliphatic heterocycles. The predicted octanol–water partition coefficient (Wildman–Crippen LogP) is 4.14. The van der Waals surface area contributed by atoms with Crippen LogP contribution in [-0.2, 0) is 4.74 Å². The number of hydrogen-bond donors (Lipinski definition) is 1. The van der Waals surface area contributed by atoms with Gasteiger partial charge >= 0.3 is 0 Å². The van der Waals surface area contributed by atoms with Crippen LogP contribution in [0.25, 0.3) is 0 Å². The molecule has 0 saturated heterocycles. The highest BCUT2D eigenvalue weighted by atomic mass is 16.5. The minimum atomic E-state index is 0.318. The highest BCUT2D eigenvalue weighted by molar-refractivity contribution is 5.02. The Morgan fingerprint density at radius 1 is 1.06 bits per heavy atom. The van der Waals surface area contributed by atoms with Gasteiger partial charge in [-0.1, -0.05) is 59.8 Å². The normalized spacial score (nSPS) is 26.0. The Morgan fingerprint density at radius 2 is 1.72 bits per heavy atom. The van der Waals surface area contributed by atoms with Gasteiger partial charge in [0.15, 0.2) is 0 Å². The minimum absolute atomic E-state index is 0.318. The quantitative estimate of drug-likeness (QED) is 0.592. The molecule has 0 amide bonds. The Bertz CT molecular complexity index is 215. The van der Waals surface area contributed by atoms with Gasteiger partial charge in [0.25, 0.3) is 0 Å². The van der Waals surface area contributed by atoms with Crippen LogP contribution in [0.4, 0.5) is 0 Å². The third-order valence-corrected chi connectivity index (χ3v) is 4.45. The molecule has 0 aromatic rings. The van der Waals surface area contributed by atoms with Crippen LogP contribution >= 0.6 is 0 Å². The molecule has 2 atom stereocenters. The Balaban J connectivity index is 2.00. The molecular formula is C16H33NO. The highest BCUT2D eigenvalue weighted by Crippen LogP contribution is 2.42. The van der Waals surface area contributed by atoms with Gasteiger partial charge in [-0.05, 0) is 19.4 Å². The molecule has 1 aliphatic carbocycles. The number of rotatable bonds is 10. The van der Waals surface area contributed by atoms with E-state index in [9.17, 15) is 0 Å². The Kier molecular flexibility index (Phi) is 7.25. The first-order valence-electron chi connectivity index (χ1n) is 7.97. The van der Waals surface area contributed by atoms with Gasteiger partial charge in [0, 0.05) is 18.1 Å². The summed E-state index contributed by atoms with van der Waals surface area (Å²) in [5, 5.41) is 3.55.